The second-order valence-electron chi connectivity index (χ2n) is 6.45. The molecule has 0 aliphatic carbocycles. The molecule has 0 atom stereocenters. The minimum absolute atomic E-state index is 0.0769. The van der Waals surface area contributed by atoms with Crippen LogP contribution in [0.4, 0.5) is 15.8 Å². The molecule has 3 N–H and O–H groups in total. The first-order valence-electron chi connectivity index (χ1n) is 8.77. The molecule has 0 spiro atoms. The highest BCUT2D eigenvalue weighted by atomic mass is 32.2. The monoisotopic (exact) mass is 430 g/mol. The zero-order valence-electron chi connectivity index (χ0n) is 16.1. The number of ether oxygens (including phenoxy) is 1. The number of halogens is 1. The van der Waals surface area contributed by atoms with Crippen LogP contribution in [0.2, 0.25) is 0 Å². The van der Waals surface area contributed by atoms with Gasteiger partial charge in [-0.05, 0) is 61.5 Å². The van der Waals surface area contributed by atoms with Crippen molar-refractivity contribution in [1.82, 2.24) is 0 Å². The number of anilines is 2. The maximum absolute atomic E-state index is 13.1. The van der Waals surface area contributed by atoms with E-state index >= 15 is 0 Å². The quantitative estimate of drug-likeness (QED) is 0.550. The van der Waals surface area contributed by atoms with Gasteiger partial charge in [-0.15, -0.1) is 0 Å². The van der Waals surface area contributed by atoms with Crippen molar-refractivity contribution in [2.24, 2.45) is 0 Å². The van der Waals surface area contributed by atoms with Gasteiger partial charge in [-0.25, -0.2) is 12.8 Å². The molecule has 0 unspecified atom stereocenters. The third-order valence-corrected chi connectivity index (χ3v) is 5.60. The smallest absolute Gasteiger partial charge is 0.262 e. The fourth-order valence-corrected chi connectivity index (χ4v) is 3.77. The van der Waals surface area contributed by atoms with Crippen molar-refractivity contribution in [3.05, 3.63) is 77.6 Å². The van der Waals surface area contributed by atoms with Gasteiger partial charge in [0.2, 0.25) is 0 Å². The normalized spacial score (nSPS) is 11.0. The highest BCUT2D eigenvalue weighted by Crippen LogP contribution is 2.30. The lowest BCUT2D eigenvalue weighted by atomic mass is 10.1. The molecule has 3 aromatic rings. The van der Waals surface area contributed by atoms with Crippen LogP contribution in [0.1, 0.15) is 15.9 Å². The lowest BCUT2D eigenvalue weighted by Gasteiger charge is -2.14. The van der Waals surface area contributed by atoms with Crippen LogP contribution in [0.15, 0.2) is 65.6 Å². The summed E-state index contributed by atoms with van der Waals surface area (Å²) in [6.07, 6.45) is 0. The van der Waals surface area contributed by atoms with Crippen LogP contribution in [0.5, 0.6) is 11.5 Å². The Morgan fingerprint density at radius 2 is 1.73 bits per heavy atom. The predicted octanol–water partition coefficient (Wildman–Crippen LogP) is 3.90. The van der Waals surface area contributed by atoms with Crippen molar-refractivity contribution >= 4 is 27.3 Å². The van der Waals surface area contributed by atoms with Gasteiger partial charge in [0.15, 0.2) is 0 Å². The molecule has 0 heterocycles. The van der Waals surface area contributed by atoms with Crippen LogP contribution >= 0.6 is 0 Å². The third kappa shape index (κ3) is 4.69. The number of carbonyl (C=O) groups is 1. The Morgan fingerprint density at radius 3 is 2.40 bits per heavy atom. The van der Waals surface area contributed by atoms with Crippen molar-refractivity contribution in [3.63, 3.8) is 0 Å². The van der Waals surface area contributed by atoms with E-state index in [1.54, 1.807) is 13.0 Å². The van der Waals surface area contributed by atoms with E-state index in [0.717, 1.165) is 29.8 Å². The molecule has 1 amide bonds. The van der Waals surface area contributed by atoms with Crippen molar-refractivity contribution < 1.29 is 27.4 Å². The second-order valence-corrected chi connectivity index (χ2v) is 8.13. The van der Waals surface area contributed by atoms with Crippen LogP contribution < -0.4 is 14.8 Å². The van der Waals surface area contributed by atoms with E-state index in [2.05, 4.69) is 10.0 Å². The molecule has 9 heteroatoms. The molecule has 0 aliphatic rings. The molecule has 0 aliphatic heterocycles. The number of benzene rings is 3. The number of sulfonamides is 1. The van der Waals surface area contributed by atoms with E-state index in [1.807, 2.05) is 0 Å². The third-order valence-electron chi connectivity index (χ3n) is 4.22. The molecule has 0 bridgehead atoms. The van der Waals surface area contributed by atoms with E-state index in [0.29, 0.717) is 0 Å². The molecule has 0 saturated carbocycles. The molecule has 30 heavy (non-hydrogen) atoms. The average molecular weight is 430 g/mol. The fraction of sp³-hybridized carbons (Fsp3) is 0.0952. The van der Waals surface area contributed by atoms with Gasteiger partial charge in [0, 0.05) is 5.69 Å². The fourth-order valence-electron chi connectivity index (χ4n) is 2.71. The topological polar surface area (TPSA) is 105 Å². The summed E-state index contributed by atoms with van der Waals surface area (Å²) in [6.45, 7) is 1.78. The molecular formula is C21H19FN2O5S. The summed E-state index contributed by atoms with van der Waals surface area (Å²) in [5.74, 6) is -1.08. The number of phenolic OH excluding ortho intramolecular Hbond substituents is 1. The molecular weight excluding hydrogens is 411 g/mol. The Morgan fingerprint density at radius 1 is 1.03 bits per heavy atom. The molecule has 0 radical (unpaired) electrons. The lowest BCUT2D eigenvalue weighted by molar-refractivity contribution is 0.102. The zero-order chi connectivity index (χ0) is 21.9. The Bertz CT molecular complexity index is 1190. The number of carbonyl (C=O) groups excluding carboxylic acids is 1. The Hall–Kier alpha value is -3.59. The number of phenols is 1. The maximum Gasteiger partial charge on any atom is 0.262 e. The van der Waals surface area contributed by atoms with Gasteiger partial charge in [-0.2, -0.15) is 0 Å². The largest absolute Gasteiger partial charge is 0.507 e. The number of hydrogen-bond acceptors (Lipinski definition) is 5. The molecule has 0 fully saturated rings. The molecule has 7 nitrogen and oxygen atoms in total. The van der Waals surface area contributed by atoms with Crippen molar-refractivity contribution in [1.29, 1.82) is 0 Å². The first kappa shape index (κ1) is 21.1. The van der Waals surface area contributed by atoms with E-state index in [1.165, 1.54) is 37.4 Å². The summed E-state index contributed by atoms with van der Waals surface area (Å²) in [4.78, 5) is 12.4. The van der Waals surface area contributed by atoms with Crippen LogP contribution in [-0.4, -0.2) is 26.5 Å². The number of aromatic hydroxyl groups is 1. The van der Waals surface area contributed by atoms with E-state index in [9.17, 15) is 22.7 Å². The summed E-state index contributed by atoms with van der Waals surface area (Å²) in [7, 11) is -2.65. The number of nitrogens with one attached hydrogen (secondary N) is 2. The predicted molar refractivity (Wildman–Crippen MR) is 111 cm³/mol. The summed E-state index contributed by atoms with van der Waals surface area (Å²) in [5, 5.41) is 12.5. The van der Waals surface area contributed by atoms with Gasteiger partial charge in [0.05, 0.1) is 23.3 Å². The van der Waals surface area contributed by atoms with Gasteiger partial charge in [-0.3, -0.25) is 9.52 Å². The van der Waals surface area contributed by atoms with Gasteiger partial charge in [0.1, 0.15) is 17.3 Å². The molecule has 3 aromatic carbocycles. The Kier molecular flexibility index (Phi) is 5.93. The Labute approximate surface area is 173 Å². The first-order valence-corrected chi connectivity index (χ1v) is 10.3. The van der Waals surface area contributed by atoms with Crippen LogP contribution in [0.3, 0.4) is 0 Å². The molecule has 0 saturated heterocycles. The maximum atomic E-state index is 13.1. The van der Waals surface area contributed by atoms with E-state index < -0.39 is 21.7 Å². The number of amides is 1. The van der Waals surface area contributed by atoms with Gasteiger partial charge in [0.25, 0.3) is 15.9 Å². The van der Waals surface area contributed by atoms with Crippen molar-refractivity contribution in [2.45, 2.75) is 11.8 Å². The standard InChI is InChI=1S/C21H19FN2O5S/c1-13-3-9-19(25)17(11-13)21(26)23-15-6-10-20(29-2)18(12-15)24-30(27,28)16-7-4-14(22)5-8-16/h3-12,24-25H,1-2H3,(H,23,26). The summed E-state index contributed by atoms with van der Waals surface area (Å²) >= 11 is 0. The van der Waals surface area contributed by atoms with Gasteiger partial charge in [-0.1, -0.05) is 11.6 Å². The highest BCUT2D eigenvalue weighted by molar-refractivity contribution is 7.92. The summed E-state index contributed by atoms with van der Waals surface area (Å²) < 4.78 is 45.9. The van der Waals surface area contributed by atoms with Crippen LogP contribution in [-0.2, 0) is 10.0 Å². The van der Waals surface area contributed by atoms with Crippen molar-refractivity contribution in [2.75, 3.05) is 17.1 Å². The molecule has 0 aromatic heterocycles. The van der Waals surface area contributed by atoms with Crippen LogP contribution in [0.25, 0.3) is 0 Å². The number of methoxy groups -OCH3 is 1. The summed E-state index contributed by atoms with van der Waals surface area (Å²) in [6, 6.07) is 13.4. The van der Waals surface area contributed by atoms with Crippen molar-refractivity contribution in [3.8, 4) is 11.5 Å². The van der Waals surface area contributed by atoms with Crippen LogP contribution in [0, 0.1) is 12.7 Å². The Balaban J connectivity index is 1.89. The first-order chi connectivity index (χ1) is 14.2. The minimum Gasteiger partial charge on any atom is -0.507 e. The van der Waals surface area contributed by atoms with Gasteiger partial charge >= 0.3 is 0 Å². The summed E-state index contributed by atoms with van der Waals surface area (Å²) in [5.41, 5.74) is 1.23. The number of hydrogen-bond donors (Lipinski definition) is 3. The zero-order valence-corrected chi connectivity index (χ0v) is 17.0. The molecule has 156 valence electrons. The van der Waals surface area contributed by atoms with Gasteiger partial charge < -0.3 is 15.2 Å². The van der Waals surface area contributed by atoms with E-state index in [-0.39, 0.29) is 33.3 Å². The highest BCUT2D eigenvalue weighted by Gasteiger charge is 2.18. The second kappa shape index (κ2) is 8.42. The molecule has 3 rings (SSSR count). The van der Waals surface area contributed by atoms with E-state index in [4.69, 9.17) is 4.74 Å². The average Bonchev–Trinajstić information content (AvgIpc) is 2.70. The SMILES string of the molecule is COc1ccc(NC(=O)c2cc(C)ccc2O)cc1NS(=O)(=O)c1ccc(F)cc1. The number of rotatable bonds is 6. The lowest BCUT2D eigenvalue weighted by Crippen LogP contribution is -2.15. The number of aryl methyl sites for hydroxylation is 1. The minimum atomic E-state index is -4.02.